The highest BCUT2D eigenvalue weighted by Gasteiger charge is 2.23. The molecule has 0 unspecified atom stereocenters. The van der Waals surface area contributed by atoms with Crippen molar-refractivity contribution in [1.82, 2.24) is 0 Å². The average molecular weight is 298 g/mol. The second-order valence-electron chi connectivity index (χ2n) is 4.49. The molecule has 1 heterocycles. The summed E-state index contributed by atoms with van der Waals surface area (Å²) in [6, 6.07) is 5.68. The third-order valence-electron chi connectivity index (χ3n) is 2.87. The number of morpholine rings is 1. The summed E-state index contributed by atoms with van der Waals surface area (Å²) >= 11 is 3.52. The van der Waals surface area contributed by atoms with Gasteiger partial charge < -0.3 is 9.64 Å². The van der Waals surface area contributed by atoms with Crippen LogP contribution >= 0.6 is 15.9 Å². The Morgan fingerprint density at radius 3 is 2.53 bits per heavy atom. The zero-order valence-electron chi connectivity index (χ0n) is 10.0. The summed E-state index contributed by atoms with van der Waals surface area (Å²) in [5.41, 5.74) is 1.81. The first kappa shape index (κ1) is 12.6. The zero-order valence-corrected chi connectivity index (χ0v) is 11.6. The van der Waals surface area contributed by atoms with E-state index in [1.165, 1.54) is 0 Å². The topological polar surface area (TPSA) is 29.5 Å². The van der Waals surface area contributed by atoms with Crippen LogP contribution in [-0.2, 0) is 4.74 Å². The van der Waals surface area contributed by atoms with Gasteiger partial charge in [-0.3, -0.25) is 4.79 Å². The highest BCUT2D eigenvalue weighted by atomic mass is 79.9. The van der Waals surface area contributed by atoms with Crippen LogP contribution in [0, 0.1) is 0 Å². The van der Waals surface area contributed by atoms with Crippen LogP contribution in [0.4, 0.5) is 5.69 Å². The second kappa shape index (κ2) is 5.19. The highest BCUT2D eigenvalue weighted by molar-refractivity contribution is 9.10. The number of nitrogens with zero attached hydrogens (tertiary/aromatic N) is 1. The maximum absolute atomic E-state index is 10.7. The van der Waals surface area contributed by atoms with Crippen molar-refractivity contribution in [2.24, 2.45) is 0 Å². The van der Waals surface area contributed by atoms with Crippen molar-refractivity contribution < 1.29 is 9.53 Å². The molecular formula is C13H16BrNO2. The van der Waals surface area contributed by atoms with Gasteiger partial charge in [-0.25, -0.2) is 0 Å². The van der Waals surface area contributed by atoms with Crippen molar-refractivity contribution in [3.05, 3.63) is 28.2 Å². The fraction of sp³-hybridized carbons (Fsp3) is 0.462. The number of hydrogen-bond acceptors (Lipinski definition) is 3. The quantitative estimate of drug-likeness (QED) is 0.786. The van der Waals surface area contributed by atoms with Crippen LogP contribution in [0.1, 0.15) is 24.2 Å². The lowest BCUT2D eigenvalue weighted by molar-refractivity contribution is -0.00525. The van der Waals surface area contributed by atoms with Crippen LogP contribution in [0.5, 0.6) is 0 Å². The van der Waals surface area contributed by atoms with Gasteiger partial charge in [0.1, 0.15) is 6.29 Å². The number of benzene rings is 1. The van der Waals surface area contributed by atoms with Crippen LogP contribution < -0.4 is 4.90 Å². The Kier molecular flexibility index (Phi) is 3.84. The summed E-state index contributed by atoms with van der Waals surface area (Å²) in [4.78, 5) is 13.0. The molecule has 3 nitrogen and oxygen atoms in total. The molecule has 0 aliphatic carbocycles. The SMILES string of the molecule is C[C@@H]1CN(c2ccc(C=O)cc2Br)C[C@H](C)O1. The third kappa shape index (κ3) is 2.87. The molecule has 0 saturated carbocycles. The van der Waals surface area contributed by atoms with E-state index in [2.05, 4.69) is 34.7 Å². The number of hydrogen-bond donors (Lipinski definition) is 0. The van der Waals surface area contributed by atoms with Gasteiger partial charge in [0.2, 0.25) is 0 Å². The Morgan fingerprint density at radius 2 is 2.00 bits per heavy atom. The maximum atomic E-state index is 10.7. The number of aldehydes is 1. The van der Waals surface area contributed by atoms with Gasteiger partial charge in [0.25, 0.3) is 0 Å². The van der Waals surface area contributed by atoms with E-state index in [-0.39, 0.29) is 12.2 Å². The fourth-order valence-corrected chi connectivity index (χ4v) is 2.87. The minimum absolute atomic E-state index is 0.233. The normalized spacial score (nSPS) is 24.8. The first-order valence-electron chi connectivity index (χ1n) is 5.75. The lowest BCUT2D eigenvalue weighted by atomic mass is 10.1. The zero-order chi connectivity index (χ0) is 12.4. The molecule has 0 bridgehead atoms. The van der Waals surface area contributed by atoms with E-state index in [4.69, 9.17) is 4.74 Å². The number of rotatable bonds is 2. The summed E-state index contributed by atoms with van der Waals surface area (Å²) in [5, 5.41) is 0. The molecule has 0 radical (unpaired) electrons. The molecule has 17 heavy (non-hydrogen) atoms. The van der Waals surface area contributed by atoms with Gasteiger partial charge in [0, 0.05) is 23.1 Å². The van der Waals surface area contributed by atoms with Crippen LogP contribution in [0.25, 0.3) is 0 Å². The van der Waals surface area contributed by atoms with E-state index in [0.29, 0.717) is 5.56 Å². The first-order valence-corrected chi connectivity index (χ1v) is 6.54. The standard InChI is InChI=1S/C13H16BrNO2/c1-9-6-15(7-10(2)17-9)13-4-3-11(8-16)5-12(13)14/h3-5,8-10H,6-7H2,1-2H3/t9-,10+. The molecule has 0 spiro atoms. The number of carbonyl (C=O) groups excluding carboxylic acids is 1. The Morgan fingerprint density at radius 1 is 1.35 bits per heavy atom. The van der Waals surface area contributed by atoms with Gasteiger partial charge in [-0.2, -0.15) is 0 Å². The van der Waals surface area contributed by atoms with E-state index < -0.39 is 0 Å². The molecule has 92 valence electrons. The molecule has 1 fully saturated rings. The smallest absolute Gasteiger partial charge is 0.150 e. The number of ether oxygens (including phenoxy) is 1. The van der Waals surface area contributed by atoms with E-state index >= 15 is 0 Å². The number of halogens is 1. The first-order chi connectivity index (χ1) is 8.10. The van der Waals surface area contributed by atoms with E-state index in [9.17, 15) is 4.79 Å². The third-order valence-corrected chi connectivity index (χ3v) is 3.50. The van der Waals surface area contributed by atoms with Crippen molar-refractivity contribution in [1.29, 1.82) is 0 Å². The molecule has 1 aliphatic rings. The molecule has 0 aromatic heterocycles. The van der Waals surface area contributed by atoms with E-state index in [1.807, 2.05) is 18.2 Å². The lowest BCUT2D eigenvalue weighted by Crippen LogP contribution is -2.45. The fourth-order valence-electron chi connectivity index (χ4n) is 2.23. The van der Waals surface area contributed by atoms with Crippen molar-refractivity contribution in [2.75, 3.05) is 18.0 Å². The van der Waals surface area contributed by atoms with Gasteiger partial charge in [-0.05, 0) is 48.0 Å². The molecule has 1 aromatic carbocycles. The summed E-state index contributed by atoms with van der Waals surface area (Å²) in [7, 11) is 0. The van der Waals surface area contributed by atoms with Crippen molar-refractivity contribution >= 4 is 27.9 Å². The molecule has 2 atom stereocenters. The predicted octanol–water partition coefficient (Wildman–Crippen LogP) is 2.88. The lowest BCUT2D eigenvalue weighted by Gasteiger charge is -2.37. The van der Waals surface area contributed by atoms with Crippen LogP contribution in [-0.4, -0.2) is 31.6 Å². The average Bonchev–Trinajstić information content (AvgIpc) is 2.27. The minimum Gasteiger partial charge on any atom is -0.372 e. The Hall–Kier alpha value is -0.870. The molecule has 1 saturated heterocycles. The summed E-state index contributed by atoms with van der Waals surface area (Å²) in [6.07, 6.45) is 1.33. The summed E-state index contributed by atoms with van der Waals surface area (Å²) in [6.45, 7) is 5.92. The van der Waals surface area contributed by atoms with Gasteiger partial charge in [0.05, 0.1) is 17.9 Å². The molecule has 1 aliphatic heterocycles. The number of carbonyl (C=O) groups is 1. The van der Waals surface area contributed by atoms with Crippen LogP contribution in [0.2, 0.25) is 0 Å². The summed E-state index contributed by atoms with van der Waals surface area (Å²) < 4.78 is 6.67. The largest absolute Gasteiger partial charge is 0.372 e. The van der Waals surface area contributed by atoms with Gasteiger partial charge >= 0.3 is 0 Å². The van der Waals surface area contributed by atoms with Gasteiger partial charge in [0.15, 0.2) is 0 Å². The van der Waals surface area contributed by atoms with Crippen LogP contribution in [0.15, 0.2) is 22.7 Å². The minimum atomic E-state index is 0.233. The summed E-state index contributed by atoms with van der Waals surface area (Å²) in [5.74, 6) is 0. The molecular weight excluding hydrogens is 282 g/mol. The van der Waals surface area contributed by atoms with Crippen LogP contribution in [0.3, 0.4) is 0 Å². The van der Waals surface area contributed by atoms with E-state index in [1.54, 1.807) is 0 Å². The Labute approximate surface area is 110 Å². The van der Waals surface area contributed by atoms with Crippen molar-refractivity contribution in [2.45, 2.75) is 26.1 Å². The van der Waals surface area contributed by atoms with E-state index in [0.717, 1.165) is 29.5 Å². The highest BCUT2D eigenvalue weighted by Crippen LogP contribution is 2.29. The molecule has 4 heteroatoms. The molecule has 0 N–H and O–H groups in total. The monoisotopic (exact) mass is 297 g/mol. The Bertz CT molecular complexity index is 412. The predicted molar refractivity (Wildman–Crippen MR) is 71.8 cm³/mol. The molecule has 2 rings (SSSR count). The maximum Gasteiger partial charge on any atom is 0.150 e. The van der Waals surface area contributed by atoms with Gasteiger partial charge in [-0.1, -0.05) is 0 Å². The molecule has 1 aromatic rings. The van der Waals surface area contributed by atoms with Crippen molar-refractivity contribution in [3.63, 3.8) is 0 Å². The number of anilines is 1. The second-order valence-corrected chi connectivity index (χ2v) is 5.35. The van der Waals surface area contributed by atoms with Crippen molar-refractivity contribution in [3.8, 4) is 0 Å². The molecule has 0 amide bonds. The Balaban J connectivity index is 2.24. The van der Waals surface area contributed by atoms with Gasteiger partial charge in [-0.15, -0.1) is 0 Å².